The summed E-state index contributed by atoms with van der Waals surface area (Å²) in [5.41, 5.74) is 2.14. The molecule has 0 unspecified atom stereocenters. The number of hydrogen-bond acceptors (Lipinski definition) is 4. The lowest BCUT2D eigenvalue weighted by Crippen LogP contribution is -2.14. The van der Waals surface area contributed by atoms with Gasteiger partial charge in [-0.2, -0.15) is 5.10 Å². The van der Waals surface area contributed by atoms with Gasteiger partial charge in [-0.3, -0.25) is 0 Å². The standard InChI is InChI=1S/C16H16N4S/c1-2-4-14(5-3-1)20-11-12(8-19-20)16-18-10-15(21-16)9-17-13-6-7-13/h1-5,8,10-11,13,17H,6-7,9H2. The minimum Gasteiger partial charge on any atom is -0.309 e. The molecule has 1 aromatic carbocycles. The number of benzene rings is 1. The van der Waals surface area contributed by atoms with Crippen molar-refractivity contribution in [1.29, 1.82) is 0 Å². The van der Waals surface area contributed by atoms with E-state index in [1.54, 1.807) is 11.3 Å². The maximum Gasteiger partial charge on any atom is 0.126 e. The molecule has 0 amide bonds. The van der Waals surface area contributed by atoms with Crippen LogP contribution in [-0.2, 0) is 6.54 Å². The summed E-state index contributed by atoms with van der Waals surface area (Å²) >= 11 is 1.74. The van der Waals surface area contributed by atoms with Gasteiger partial charge >= 0.3 is 0 Å². The Morgan fingerprint density at radius 3 is 2.86 bits per heavy atom. The molecule has 4 nitrogen and oxygen atoms in total. The first-order valence-electron chi connectivity index (χ1n) is 7.17. The van der Waals surface area contributed by atoms with Gasteiger partial charge in [-0.15, -0.1) is 11.3 Å². The molecule has 1 fully saturated rings. The van der Waals surface area contributed by atoms with Crippen LogP contribution in [0.2, 0.25) is 0 Å². The molecule has 21 heavy (non-hydrogen) atoms. The molecule has 0 atom stereocenters. The van der Waals surface area contributed by atoms with Crippen molar-refractivity contribution in [2.45, 2.75) is 25.4 Å². The van der Waals surface area contributed by atoms with Crippen LogP contribution in [0.15, 0.2) is 48.9 Å². The number of hydrogen-bond donors (Lipinski definition) is 1. The molecule has 1 aliphatic carbocycles. The summed E-state index contributed by atoms with van der Waals surface area (Å²) in [6.07, 6.45) is 8.51. The Morgan fingerprint density at radius 1 is 1.19 bits per heavy atom. The number of nitrogens with zero attached hydrogens (tertiary/aromatic N) is 3. The summed E-state index contributed by atoms with van der Waals surface area (Å²) in [4.78, 5) is 5.80. The van der Waals surface area contributed by atoms with Crippen molar-refractivity contribution in [3.63, 3.8) is 0 Å². The molecule has 2 aromatic heterocycles. The van der Waals surface area contributed by atoms with Gasteiger partial charge in [-0.1, -0.05) is 18.2 Å². The molecule has 0 bridgehead atoms. The molecular formula is C16H16N4S. The molecule has 0 radical (unpaired) electrons. The highest BCUT2D eigenvalue weighted by atomic mass is 32.1. The zero-order valence-corrected chi connectivity index (χ0v) is 12.4. The Labute approximate surface area is 127 Å². The fourth-order valence-electron chi connectivity index (χ4n) is 2.21. The average molecular weight is 296 g/mol. The molecule has 1 N–H and O–H groups in total. The maximum absolute atomic E-state index is 4.52. The number of aromatic nitrogens is 3. The predicted octanol–water partition coefficient (Wildman–Crippen LogP) is 3.25. The van der Waals surface area contributed by atoms with E-state index in [-0.39, 0.29) is 0 Å². The minimum atomic E-state index is 0.733. The Kier molecular flexibility index (Phi) is 3.29. The van der Waals surface area contributed by atoms with Crippen LogP contribution in [0.25, 0.3) is 16.3 Å². The van der Waals surface area contributed by atoms with Crippen molar-refractivity contribution in [3.05, 3.63) is 53.8 Å². The zero-order valence-electron chi connectivity index (χ0n) is 11.6. The minimum absolute atomic E-state index is 0.733. The molecule has 0 aliphatic heterocycles. The van der Waals surface area contributed by atoms with Crippen LogP contribution in [0, 0.1) is 0 Å². The first-order chi connectivity index (χ1) is 10.4. The average Bonchev–Trinajstić information content (AvgIpc) is 3.03. The molecular weight excluding hydrogens is 280 g/mol. The Morgan fingerprint density at radius 2 is 2.05 bits per heavy atom. The molecule has 0 spiro atoms. The molecule has 4 rings (SSSR count). The summed E-state index contributed by atoms with van der Waals surface area (Å²) in [5, 5.41) is 8.97. The first-order valence-corrected chi connectivity index (χ1v) is 7.99. The van der Waals surface area contributed by atoms with Gasteiger partial charge in [0.15, 0.2) is 0 Å². The third-order valence-electron chi connectivity index (χ3n) is 3.55. The van der Waals surface area contributed by atoms with Gasteiger partial charge < -0.3 is 5.32 Å². The lowest BCUT2D eigenvalue weighted by Gasteiger charge is -1.98. The highest BCUT2D eigenvalue weighted by molar-refractivity contribution is 7.15. The monoisotopic (exact) mass is 296 g/mol. The van der Waals surface area contributed by atoms with Crippen LogP contribution in [-0.4, -0.2) is 20.8 Å². The van der Waals surface area contributed by atoms with Crippen molar-refractivity contribution in [1.82, 2.24) is 20.1 Å². The Balaban J connectivity index is 1.52. The van der Waals surface area contributed by atoms with Crippen molar-refractivity contribution in [2.75, 3.05) is 0 Å². The molecule has 5 heteroatoms. The summed E-state index contributed by atoms with van der Waals surface area (Å²) in [6.45, 7) is 0.926. The molecule has 3 aromatic rings. The van der Waals surface area contributed by atoms with E-state index in [0.717, 1.165) is 28.8 Å². The largest absolute Gasteiger partial charge is 0.309 e. The van der Waals surface area contributed by atoms with E-state index in [1.807, 2.05) is 53.6 Å². The Bertz CT molecular complexity index is 728. The quantitative estimate of drug-likeness (QED) is 0.786. The predicted molar refractivity (Wildman–Crippen MR) is 84.5 cm³/mol. The van der Waals surface area contributed by atoms with Gasteiger partial charge in [0.2, 0.25) is 0 Å². The van der Waals surface area contributed by atoms with Crippen LogP contribution in [0.1, 0.15) is 17.7 Å². The smallest absolute Gasteiger partial charge is 0.126 e. The molecule has 1 aliphatic rings. The molecule has 1 saturated carbocycles. The molecule has 106 valence electrons. The lowest BCUT2D eigenvalue weighted by atomic mass is 10.3. The van der Waals surface area contributed by atoms with Gasteiger partial charge in [0.25, 0.3) is 0 Å². The molecule has 2 heterocycles. The maximum atomic E-state index is 4.52. The van der Waals surface area contributed by atoms with Crippen LogP contribution < -0.4 is 5.32 Å². The van der Waals surface area contributed by atoms with E-state index >= 15 is 0 Å². The number of nitrogens with one attached hydrogen (secondary N) is 1. The Hall–Kier alpha value is -1.98. The van der Waals surface area contributed by atoms with Gasteiger partial charge in [0.05, 0.1) is 11.9 Å². The summed E-state index contributed by atoms with van der Waals surface area (Å²) in [6, 6.07) is 10.9. The van der Waals surface area contributed by atoms with E-state index < -0.39 is 0 Å². The van der Waals surface area contributed by atoms with E-state index in [9.17, 15) is 0 Å². The topological polar surface area (TPSA) is 42.7 Å². The van der Waals surface area contributed by atoms with Crippen molar-refractivity contribution < 1.29 is 0 Å². The lowest BCUT2D eigenvalue weighted by molar-refractivity contribution is 0.694. The van der Waals surface area contributed by atoms with Crippen molar-refractivity contribution in [2.24, 2.45) is 0 Å². The fourth-order valence-corrected chi connectivity index (χ4v) is 3.05. The highest BCUT2D eigenvalue weighted by Gasteiger charge is 2.20. The third kappa shape index (κ3) is 2.89. The summed E-state index contributed by atoms with van der Waals surface area (Å²) < 4.78 is 1.89. The van der Waals surface area contributed by atoms with Crippen LogP contribution in [0.5, 0.6) is 0 Å². The SMILES string of the molecule is c1ccc(-n2cc(-c3ncc(CNC4CC4)s3)cn2)cc1. The second kappa shape index (κ2) is 5.42. The normalized spacial score (nSPS) is 14.5. The van der Waals surface area contributed by atoms with E-state index in [2.05, 4.69) is 15.4 Å². The summed E-state index contributed by atoms with van der Waals surface area (Å²) in [7, 11) is 0. The van der Waals surface area contributed by atoms with Gasteiger partial charge in [0, 0.05) is 35.4 Å². The van der Waals surface area contributed by atoms with Crippen LogP contribution in [0.3, 0.4) is 0 Å². The van der Waals surface area contributed by atoms with Crippen LogP contribution in [0.4, 0.5) is 0 Å². The highest BCUT2D eigenvalue weighted by Crippen LogP contribution is 2.26. The second-order valence-electron chi connectivity index (χ2n) is 5.30. The summed E-state index contributed by atoms with van der Waals surface area (Å²) in [5.74, 6) is 0. The number of para-hydroxylation sites is 1. The van der Waals surface area contributed by atoms with Crippen LogP contribution >= 0.6 is 11.3 Å². The van der Waals surface area contributed by atoms with Crippen molar-refractivity contribution >= 4 is 11.3 Å². The van der Waals surface area contributed by atoms with Gasteiger partial charge in [-0.25, -0.2) is 9.67 Å². The van der Waals surface area contributed by atoms with Gasteiger partial charge in [-0.05, 0) is 25.0 Å². The first kappa shape index (κ1) is 12.7. The molecule has 0 saturated heterocycles. The van der Waals surface area contributed by atoms with E-state index in [0.29, 0.717) is 0 Å². The second-order valence-corrected chi connectivity index (χ2v) is 6.41. The zero-order chi connectivity index (χ0) is 14.1. The number of rotatable bonds is 5. The third-order valence-corrected chi connectivity index (χ3v) is 4.59. The van der Waals surface area contributed by atoms with E-state index in [1.165, 1.54) is 17.7 Å². The number of thiazole rings is 1. The van der Waals surface area contributed by atoms with E-state index in [4.69, 9.17) is 0 Å². The van der Waals surface area contributed by atoms with Crippen molar-refractivity contribution in [3.8, 4) is 16.3 Å². The van der Waals surface area contributed by atoms with Gasteiger partial charge in [0.1, 0.15) is 5.01 Å². The fraction of sp³-hybridized carbons (Fsp3) is 0.250.